The van der Waals surface area contributed by atoms with Gasteiger partial charge in [-0.2, -0.15) is 10.4 Å². The molecule has 9 heteroatoms. The molecule has 3 aliphatic rings. The Kier molecular flexibility index (Phi) is 4.70. The molecule has 1 saturated heterocycles. The molecule has 0 amide bonds. The van der Waals surface area contributed by atoms with E-state index in [1.807, 2.05) is 36.5 Å². The third kappa shape index (κ3) is 3.30. The van der Waals surface area contributed by atoms with Gasteiger partial charge in [-0.05, 0) is 36.8 Å². The molecule has 1 aliphatic carbocycles. The summed E-state index contributed by atoms with van der Waals surface area (Å²) in [6.45, 7) is 3.41. The molecular formula is C29H27N7OS. The van der Waals surface area contributed by atoms with Crippen molar-refractivity contribution >= 4 is 32.5 Å². The molecule has 0 aromatic carbocycles. The average molecular weight is 522 g/mol. The van der Waals surface area contributed by atoms with Gasteiger partial charge >= 0.3 is 0 Å². The van der Waals surface area contributed by atoms with Crippen LogP contribution in [0.1, 0.15) is 36.8 Å². The molecule has 0 bridgehead atoms. The van der Waals surface area contributed by atoms with Crippen molar-refractivity contribution < 1.29 is 4.74 Å². The van der Waals surface area contributed by atoms with Crippen LogP contribution in [0.2, 0.25) is 0 Å². The van der Waals surface area contributed by atoms with Crippen molar-refractivity contribution in [2.75, 3.05) is 19.6 Å². The maximum atomic E-state index is 9.35. The third-order valence-corrected chi connectivity index (χ3v) is 9.83. The van der Waals surface area contributed by atoms with E-state index in [0.29, 0.717) is 13.0 Å². The number of fused-ring (bicyclic) bond motifs is 5. The second-order valence-corrected chi connectivity index (χ2v) is 12.3. The van der Waals surface area contributed by atoms with Gasteiger partial charge in [0.1, 0.15) is 11.2 Å². The number of nitrogens with zero attached hydrogens (tertiary/aromatic N) is 6. The van der Waals surface area contributed by atoms with Crippen LogP contribution in [0, 0.1) is 16.7 Å². The molecule has 7 heterocycles. The fourth-order valence-electron chi connectivity index (χ4n) is 6.66. The van der Waals surface area contributed by atoms with Gasteiger partial charge in [-0.1, -0.05) is 0 Å². The molecule has 0 radical (unpaired) electrons. The van der Waals surface area contributed by atoms with Crippen molar-refractivity contribution in [1.29, 1.82) is 5.26 Å². The Morgan fingerprint density at radius 2 is 2.16 bits per heavy atom. The second kappa shape index (κ2) is 7.96. The van der Waals surface area contributed by atoms with Crippen LogP contribution in [0.15, 0.2) is 43.1 Å². The number of rotatable bonds is 5. The van der Waals surface area contributed by atoms with Crippen molar-refractivity contribution in [2.45, 2.75) is 37.9 Å². The Balaban J connectivity index is 1.31. The Hall–Kier alpha value is -3.58. The normalized spacial score (nSPS) is 22.0. The van der Waals surface area contributed by atoms with E-state index in [-0.39, 0.29) is 11.0 Å². The number of likely N-dealkylation sites (tertiary alicyclic amines) is 1. The number of aromatic nitrogens is 5. The summed E-state index contributed by atoms with van der Waals surface area (Å²) in [5.41, 5.74) is 6.43. The summed E-state index contributed by atoms with van der Waals surface area (Å²) in [5.74, 6) is 0. The van der Waals surface area contributed by atoms with Crippen LogP contribution in [-0.2, 0) is 24.0 Å². The third-order valence-electron chi connectivity index (χ3n) is 8.70. The second-order valence-electron chi connectivity index (χ2n) is 11.3. The fourth-order valence-corrected chi connectivity index (χ4v) is 7.75. The van der Waals surface area contributed by atoms with Crippen molar-refractivity contribution in [3.8, 4) is 27.8 Å². The van der Waals surface area contributed by atoms with E-state index in [1.54, 1.807) is 11.3 Å². The van der Waals surface area contributed by atoms with Crippen LogP contribution < -0.4 is 0 Å². The Morgan fingerprint density at radius 3 is 2.95 bits per heavy atom. The van der Waals surface area contributed by atoms with E-state index < -0.39 is 0 Å². The zero-order chi connectivity index (χ0) is 25.5. The number of thiophene rings is 1. The maximum absolute atomic E-state index is 9.35. The van der Waals surface area contributed by atoms with Crippen LogP contribution in [0.3, 0.4) is 0 Å². The molecule has 2 aliphatic heterocycles. The number of aryl methyl sites for hydroxylation is 1. The first-order valence-electron chi connectivity index (χ1n) is 13.2. The van der Waals surface area contributed by atoms with Gasteiger partial charge in [0.2, 0.25) is 0 Å². The van der Waals surface area contributed by atoms with E-state index in [9.17, 15) is 5.26 Å². The standard InChI is InChI=1S/C29H27N7OS/c1-35-14-19(13-33-35)26-23(22-10-18-11-31-8-2-21(18)38-22)24-25-20(12-32-27(24)34-26)15-37-29(25)6-9-36(17-29)16-28(3-4-28)5-7-30/h2,8,10-14H,3-6,9,15-17H2,1H3,(H,32,34)/t29-/m0/s1. The molecule has 5 aromatic rings. The summed E-state index contributed by atoms with van der Waals surface area (Å²) in [6.07, 6.45) is 13.7. The Bertz CT molecular complexity index is 1740. The average Bonchev–Trinajstić information content (AvgIpc) is 3.44. The van der Waals surface area contributed by atoms with Crippen LogP contribution in [0.25, 0.3) is 42.8 Å². The highest BCUT2D eigenvalue weighted by molar-refractivity contribution is 7.22. The molecule has 5 aromatic heterocycles. The van der Waals surface area contributed by atoms with Crippen molar-refractivity contribution in [2.24, 2.45) is 12.5 Å². The Morgan fingerprint density at radius 1 is 1.24 bits per heavy atom. The fraction of sp³-hybridized carbons (Fsp3) is 0.379. The van der Waals surface area contributed by atoms with Crippen LogP contribution >= 0.6 is 11.3 Å². The number of pyridine rings is 2. The lowest BCUT2D eigenvalue weighted by Crippen LogP contribution is -2.34. The van der Waals surface area contributed by atoms with E-state index in [2.05, 4.69) is 44.4 Å². The maximum Gasteiger partial charge on any atom is 0.138 e. The predicted octanol–water partition coefficient (Wildman–Crippen LogP) is 5.37. The molecule has 0 unspecified atom stereocenters. The summed E-state index contributed by atoms with van der Waals surface area (Å²) in [5, 5.41) is 16.1. The van der Waals surface area contributed by atoms with Crippen LogP contribution in [-0.4, -0.2) is 49.3 Å². The number of hydrogen-bond donors (Lipinski definition) is 1. The molecule has 8 rings (SSSR count). The van der Waals surface area contributed by atoms with Gasteiger partial charge in [0, 0.05) is 100 Å². The zero-order valence-electron chi connectivity index (χ0n) is 21.2. The highest BCUT2D eigenvalue weighted by Crippen LogP contribution is 2.54. The smallest absolute Gasteiger partial charge is 0.138 e. The molecule has 1 atom stereocenters. The zero-order valence-corrected chi connectivity index (χ0v) is 22.0. The topological polar surface area (TPSA) is 95.7 Å². The summed E-state index contributed by atoms with van der Waals surface area (Å²) in [4.78, 5) is 16.6. The predicted molar refractivity (Wildman–Crippen MR) is 146 cm³/mol. The molecule has 190 valence electrons. The van der Waals surface area contributed by atoms with E-state index in [0.717, 1.165) is 61.2 Å². The summed E-state index contributed by atoms with van der Waals surface area (Å²) in [7, 11) is 1.95. The van der Waals surface area contributed by atoms with Crippen LogP contribution in [0.5, 0.6) is 0 Å². The van der Waals surface area contributed by atoms with Gasteiger partial charge < -0.3 is 9.72 Å². The van der Waals surface area contributed by atoms with E-state index in [4.69, 9.17) is 9.72 Å². The van der Waals surface area contributed by atoms with E-state index in [1.165, 1.54) is 31.7 Å². The molecule has 8 nitrogen and oxygen atoms in total. The molecule has 2 fully saturated rings. The summed E-state index contributed by atoms with van der Waals surface area (Å²) >= 11 is 1.79. The quantitative estimate of drug-likeness (QED) is 0.334. The molecular weight excluding hydrogens is 494 g/mol. The first kappa shape index (κ1) is 22.4. The lowest BCUT2D eigenvalue weighted by molar-refractivity contribution is -0.0296. The van der Waals surface area contributed by atoms with Gasteiger partial charge in [0.15, 0.2) is 0 Å². The molecule has 1 spiro atoms. The minimum atomic E-state index is -0.360. The van der Waals surface area contributed by atoms with Gasteiger partial charge in [0.25, 0.3) is 0 Å². The van der Waals surface area contributed by atoms with Gasteiger partial charge in [0.05, 0.1) is 24.6 Å². The molecule has 1 saturated carbocycles. The lowest BCUT2D eigenvalue weighted by Gasteiger charge is -2.27. The number of H-pyrrole nitrogens is 1. The summed E-state index contributed by atoms with van der Waals surface area (Å²) in [6, 6.07) is 6.75. The highest BCUT2D eigenvalue weighted by Gasteiger charge is 2.51. The van der Waals surface area contributed by atoms with Crippen molar-refractivity contribution in [3.63, 3.8) is 0 Å². The monoisotopic (exact) mass is 521 g/mol. The largest absolute Gasteiger partial charge is 0.364 e. The van der Waals surface area contributed by atoms with Gasteiger partial charge in [-0.25, -0.2) is 4.98 Å². The highest BCUT2D eigenvalue weighted by atomic mass is 32.1. The first-order chi connectivity index (χ1) is 18.6. The Labute approximate surface area is 223 Å². The minimum absolute atomic E-state index is 0.188. The van der Waals surface area contributed by atoms with Gasteiger partial charge in [-0.3, -0.25) is 14.6 Å². The first-order valence-corrected chi connectivity index (χ1v) is 14.0. The number of ether oxygens (including phenoxy) is 1. The number of hydrogen-bond acceptors (Lipinski definition) is 7. The van der Waals surface area contributed by atoms with Gasteiger partial charge in [-0.15, -0.1) is 11.3 Å². The summed E-state index contributed by atoms with van der Waals surface area (Å²) < 4.78 is 9.74. The van der Waals surface area contributed by atoms with Crippen LogP contribution in [0.4, 0.5) is 0 Å². The number of nitriles is 1. The lowest BCUT2D eigenvalue weighted by atomic mass is 9.88. The van der Waals surface area contributed by atoms with E-state index >= 15 is 0 Å². The minimum Gasteiger partial charge on any atom is -0.364 e. The molecule has 1 N–H and O–H groups in total. The van der Waals surface area contributed by atoms with Crippen molar-refractivity contribution in [1.82, 2.24) is 29.6 Å². The SMILES string of the molecule is Cn1cc(-c2[nH]c3ncc4c(c3c2-c2cc3cnccc3s2)[C@@]2(CCN(CC3(CC#N)CC3)C2)OC4)cn1. The number of nitrogens with one attached hydrogen (secondary N) is 1. The molecule has 38 heavy (non-hydrogen) atoms. The number of aromatic amines is 1. The van der Waals surface area contributed by atoms with Crippen molar-refractivity contribution in [3.05, 3.63) is 54.2 Å².